The third kappa shape index (κ3) is 5.43. The average Bonchev–Trinajstić information content (AvgIpc) is 2.95. The van der Waals surface area contributed by atoms with Crippen molar-refractivity contribution < 1.29 is 27.4 Å². The number of rotatable bonds is 10. The van der Waals surface area contributed by atoms with Crippen LogP contribution >= 0.6 is 0 Å². The van der Waals surface area contributed by atoms with Crippen molar-refractivity contribution in [1.82, 2.24) is 5.32 Å². The molecule has 1 aliphatic heterocycles. The Labute approximate surface area is 224 Å². The van der Waals surface area contributed by atoms with Gasteiger partial charge in [-0.1, -0.05) is 50.2 Å². The van der Waals surface area contributed by atoms with Gasteiger partial charge in [0.1, 0.15) is 17.9 Å². The van der Waals surface area contributed by atoms with Gasteiger partial charge in [0.2, 0.25) is 5.91 Å². The van der Waals surface area contributed by atoms with Crippen molar-refractivity contribution in [2.75, 3.05) is 25.1 Å². The molecule has 3 aromatic carbocycles. The van der Waals surface area contributed by atoms with E-state index in [1.165, 1.54) is 32.4 Å². The first-order valence-electron chi connectivity index (χ1n) is 12.6. The number of fused-ring (bicyclic) bond motifs is 1. The number of benzene rings is 3. The number of nitrogens with zero attached hydrogens (tertiary/aromatic N) is 1. The molecule has 0 fully saturated rings. The Kier molecular flexibility index (Phi) is 8.16. The smallest absolute Gasteiger partial charge is 0.264 e. The molecule has 3 aromatic rings. The molecule has 0 unspecified atom stereocenters. The Bertz CT molecular complexity index is 1370. The van der Waals surface area contributed by atoms with Crippen molar-refractivity contribution in [1.29, 1.82) is 0 Å². The lowest BCUT2D eigenvalue weighted by molar-refractivity contribution is -0.121. The zero-order valence-electron chi connectivity index (χ0n) is 22.1. The summed E-state index contributed by atoms with van der Waals surface area (Å²) in [5.41, 5.74) is 0.852. The maximum Gasteiger partial charge on any atom is 0.264 e. The van der Waals surface area contributed by atoms with Crippen LogP contribution in [-0.4, -0.2) is 40.7 Å². The number of para-hydroxylation sites is 2. The van der Waals surface area contributed by atoms with Crippen LogP contribution in [-0.2, 0) is 14.8 Å². The van der Waals surface area contributed by atoms with Gasteiger partial charge in [0.25, 0.3) is 10.0 Å². The molecule has 1 N–H and O–H groups in total. The summed E-state index contributed by atoms with van der Waals surface area (Å²) in [6.07, 6.45) is 2.17. The van der Waals surface area contributed by atoms with Gasteiger partial charge in [-0.2, -0.15) is 0 Å². The van der Waals surface area contributed by atoms with Crippen molar-refractivity contribution in [3.05, 3.63) is 78.4 Å². The van der Waals surface area contributed by atoms with Crippen molar-refractivity contribution in [2.45, 2.75) is 49.6 Å². The van der Waals surface area contributed by atoms with Crippen molar-refractivity contribution in [2.24, 2.45) is 0 Å². The molecule has 202 valence electrons. The summed E-state index contributed by atoms with van der Waals surface area (Å²) in [6, 6.07) is 20.3. The minimum absolute atomic E-state index is 0.0146. The lowest BCUT2D eigenvalue weighted by Crippen LogP contribution is -2.47. The summed E-state index contributed by atoms with van der Waals surface area (Å²) in [4.78, 5) is 13.5. The van der Waals surface area contributed by atoms with Gasteiger partial charge in [-0.05, 0) is 43.2 Å². The number of nitrogens with one attached hydrogen (secondary N) is 1. The fourth-order valence-corrected chi connectivity index (χ4v) is 6.25. The molecule has 1 atom stereocenters. The van der Waals surface area contributed by atoms with Gasteiger partial charge in [0.05, 0.1) is 30.8 Å². The second kappa shape index (κ2) is 11.3. The lowest BCUT2D eigenvalue weighted by Gasteiger charge is -2.41. The van der Waals surface area contributed by atoms with Crippen molar-refractivity contribution in [3.8, 4) is 17.2 Å². The van der Waals surface area contributed by atoms with Gasteiger partial charge in [-0.15, -0.1) is 0 Å². The van der Waals surface area contributed by atoms with Crippen LogP contribution < -0.4 is 23.8 Å². The maximum atomic E-state index is 13.9. The Hall–Kier alpha value is -3.72. The zero-order chi connectivity index (χ0) is 27.3. The van der Waals surface area contributed by atoms with Crippen LogP contribution in [0, 0.1) is 0 Å². The third-order valence-electron chi connectivity index (χ3n) is 7.10. The van der Waals surface area contributed by atoms with E-state index in [9.17, 15) is 13.2 Å². The van der Waals surface area contributed by atoms with Gasteiger partial charge >= 0.3 is 0 Å². The first-order chi connectivity index (χ1) is 18.3. The normalized spacial score (nSPS) is 16.1. The summed E-state index contributed by atoms with van der Waals surface area (Å²) < 4.78 is 45.7. The number of hydrogen-bond acceptors (Lipinski definition) is 6. The second-order valence-corrected chi connectivity index (χ2v) is 11.1. The number of sulfonamides is 1. The zero-order valence-corrected chi connectivity index (χ0v) is 23.0. The third-order valence-corrected chi connectivity index (χ3v) is 8.87. The standard InChI is InChI=1S/C29H34N2O6S/c1-5-29(6-2)19-24(23-14-10-11-15-25(23)37-29)30-28(32)20-31(21-12-8-7-9-13-21)38(33,34)22-16-17-26(35-3)27(18-22)36-4/h7-18,24H,5-6,19-20H2,1-4H3,(H,30,32)/t24-/m1/s1. The Balaban J connectivity index is 1.66. The number of anilines is 1. The molecule has 4 rings (SSSR count). The molecule has 0 spiro atoms. The largest absolute Gasteiger partial charge is 0.493 e. The van der Waals surface area contributed by atoms with Crippen LogP contribution in [0.15, 0.2) is 77.7 Å². The molecule has 0 radical (unpaired) electrons. The van der Waals surface area contributed by atoms with Crippen LogP contribution in [0.25, 0.3) is 0 Å². The first-order valence-corrected chi connectivity index (χ1v) is 14.1. The molecule has 1 heterocycles. The van der Waals surface area contributed by atoms with E-state index in [4.69, 9.17) is 14.2 Å². The van der Waals surface area contributed by atoms with Crippen molar-refractivity contribution >= 4 is 21.6 Å². The number of carbonyl (C=O) groups excluding carboxylic acids is 1. The number of ether oxygens (including phenoxy) is 3. The van der Waals surface area contributed by atoms with Gasteiger partial charge in [-0.3, -0.25) is 9.10 Å². The number of carbonyl (C=O) groups is 1. The van der Waals surface area contributed by atoms with E-state index in [0.717, 1.165) is 28.5 Å². The Morgan fingerprint density at radius 2 is 1.63 bits per heavy atom. The lowest BCUT2D eigenvalue weighted by atomic mass is 9.83. The summed E-state index contributed by atoms with van der Waals surface area (Å²) in [5.74, 6) is 1.01. The number of methoxy groups -OCH3 is 2. The summed E-state index contributed by atoms with van der Waals surface area (Å²) in [7, 11) is -1.21. The topological polar surface area (TPSA) is 94.2 Å². The van der Waals surface area contributed by atoms with Gasteiger partial charge in [0, 0.05) is 18.1 Å². The Morgan fingerprint density at radius 3 is 2.29 bits per heavy atom. The van der Waals surface area contributed by atoms with Crippen LogP contribution in [0.1, 0.15) is 44.7 Å². The predicted octanol–water partition coefficient (Wildman–Crippen LogP) is 5.10. The highest BCUT2D eigenvalue weighted by Crippen LogP contribution is 2.42. The molecular weight excluding hydrogens is 504 g/mol. The highest BCUT2D eigenvalue weighted by atomic mass is 32.2. The number of amides is 1. The second-order valence-electron chi connectivity index (χ2n) is 9.22. The summed E-state index contributed by atoms with van der Waals surface area (Å²) >= 11 is 0. The van der Waals surface area contributed by atoms with E-state index in [2.05, 4.69) is 19.2 Å². The van der Waals surface area contributed by atoms with Crippen LogP contribution in [0.4, 0.5) is 5.69 Å². The monoisotopic (exact) mass is 538 g/mol. The van der Waals surface area contributed by atoms with Gasteiger partial charge in [-0.25, -0.2) is 8.42 Å². The SMILES string of the molecule is CCC1(CC)C[C@@H](NC(=O)CN(c2ccccc2)S(=O)(=O)c2ccc(OC)c(OC)c2)c2ccccc2O1. The highest BCUT2D eigenvalue weighted by molar-refractivity contribution is 7.92. The van der Waals surface area contributed by atoms with Crippen LogP contribution in [0.3, 0.4) is 0 Å². The maximum absolute atomic E-state index is 13.9. The molecule has 0 saturated heterocycles. The molecule has 1 aliphatic rings. The van der Waals surface area contributed by atoms with E-state index in [0.29, 0.717) is 17.9 Å². The van der Waals surface area contributed by atoms with E-state index in [-0.39, 0.29) is 16.7 Å². The summed E-state index contributed by atoms with van der Waals surface area (Å²) in [6.45, 7) is 3.75. The van der Waals surface area contributed by atoms with E-state index in [1.54, 1.807) is 30.3 Å². The predicted molar refractivity (Wildman–Crippen MR) is 146 cm³/mol. The molecule has 8 nitrogen and oxygen atoms in total. The molecule has 1 amide bonds. The molecule has 0 aliphatic carbocycles. The van der Waals surface area contributed by atoms with Crippen molar-refractivity contribution in [3.63, 3.8) is 0 Å². The molecule has 9 heteroatoms. The van der Waals surface area contributed by atoms with E-state index in [1.807, 2.05) is 24.3 Å². The first kappa shape index (κ1) is 27.3. The minimum atomic E-state index is -4.13. The fourth-order valence-electron chi connectivity index (χ4n) is 4.81. The minimum Gasteiger partial charge on any atom is -0.493 e. The Morgan fingerprint density at radius 1 is 0.974 bits per heavy atom. The number of hydrogen-bond donors (Lipinski definition) is 1. The van der Waals surface area contributed by atoms with E-state index >= 15 is 0 Å². The highest BCUT2D eigenvalue weighted by Gasteiger charge is 2.39. The fraction of sp³-hybridized carbons (Fsp3) is 0.345. The molecule has 0 aromatic heterocycles. The van der Waals surface area contributed by atoms with Crippen LogP contribution in [0.5, 0.6) is 17.2 Å². The molecule has 0 bridgehead atoms. The average molecular weight is 539 g/mol. The van der Waals surface area contributed by atoms with E-state index < -0.39 is 28.1 Å². The van der Waals surface area contributed by atoms with Crippen LogP contribution in [0.2, 0.25) is 0 Å². The molecule has 0 saturated carbocycles. The molecule has 38 heavy (non-hydrogen) atoms. The molecular formula is C29H34N2O6S. The van der Waals surface area contributed by atoms with Gasteiger partial charge in [0.15, 0.2) is 11.5 Å². The quantitative estimate of drug-likeness (QED) is 0.386. The summed E-state index contributed by atoms with van der Waals surface area (Å²) in [5, 5.41) is 3.09. The van der Waals surface area contributed by atoms with Gasteiger partial charge < -0.3 is 19.5 Å².